The Balaban J connectivity index is 1.99. The SMILES string of the molecule is Cc1c(CO)ncn1CC(c1ccccc1)(c1ccccc1)c1ccccc1. The van der Waals surface area contributed by atoms with Crippen molar-refractivity contribution in [3.63, 3.8) is 0 Å². The van der Waals surface area contributed by atoms with Gasteiger partial charge in [-0.05, 0) is 23.6 Å². The molecule has 0 radical (unpaired) electrons. The molecule has 0 spiro atoms. The molecule has 3 nitrogen and oxygen atoms in total. The Labute approximate surface area is 165 Å². The summed E-state index contributed by atoms with van der Waals surface area (Å²) in [5.41, 5.74) is 5.03. The third-order valence-electron chi connectivity index (χ3n) is 5.56. The van der Waals surface area contributed by atoms with Crippen LogP contribution in [0.5, 0.6) is 0 Å². The normalized spacial score (nSPS) is 11.5. The first-order valence-electron chi connectivity index (χ1n) is 9.54. The predicted molar refractivity (Wildman–Crippen MR) is 112 cm³/mol. The van der Waals surface area contributed by atoms with Crippen LogP contribution in [0.15, 0.2) is 97.3 Å². The van der Waals surface area contributed by atoms with Gasteiger partial charge in [0.15, 0.2) is 0 Å². The highest BCUT2D eigenvalue weighted by Crippen LogP contribution is 2.41. The molecule has 0 aliphatic carbocycles. The van der Waals surface area contributed by atoms with Gasteiger partial charge in [-0.2, -0.15) is 0 Å². The van der Waals surface area contributed by atoms with Gasteiger partial charge in [0.1, 0.15) is 0 Å². The van der Waals surface area contributed by atoms with Crippen molar-refractivity contribution >= 4 is 0 Å². The molecule has 0 atom stereocenters. The number of nitrogens with zero attached hydrogens (tertiary/aromatic N) is 2. The lowest BCUT2D eigenvalue weighted by molar-refractivity contribution is 0.276. The standard InChI is InChI=1S/C25H24N2O/c1-20-24(17-28)26-19-27(20)18-25(21-11-5-2-6-12-21,22-13-7-3-8-14-22)23-15-9-4-10-16-23/h2-16,19,28H,17-18H2,1H3. The van der Waals surface area contributed by atoms with Crippen LogP contribution in [-0.4, -0.2) is 14.7 Å². The molecule has 0 unspecified atom stereocenters. The Kier molecular flexibility index (Phi) is 5.09. The Morgan fingerprint density at radius 3 is 1.54 bits per heavy atom. The van der Waals surface area contributed by atoms with Gasteiger partial charge in [0.05, 0.1) is 24.0 Å². The van der Waals surface area contributed by atoms with Gasteiger partial charge in [0, 0.05) is 12.2 Å². The van der Waals surface area contributed by atoms with Gasteiger partial charge in [-0.1, -0.05) is 91.0 Å². The molecule has 0 aliphatic heterocycles. The highest BCUT2D eigenvalue weighted by molar-refractivity contribution is 5.50. The number of benzene rings is 3. The molecule has 0 fully saturated rings. The summed E-state index contributed by atoms with van der Waals surface area (Å²) < 4.78 is 2.15. The van der Waals surface area contributed by atoms with Crippen LogP contribution in [-0.2, 0) is 18.6 Å². The first kappa shape index (κ1) is 18.2. The summed E-state index contributed by atoms with van der Waals surface area (Å²) in [6, 6.07) is 31.9. The van der Waals surface area contributed by atoms with Crippen molar-refractivity contribution < 1.29 is 5.11 Å². The van der Waals surface area contributed by atoms with E-state index in [0.717, 1.165) is 11.4 Å². The molecule has 0 saturated heterocycles. The number of imidazole rings is 1. The Morgan fingerprint density at radius 1 is 0.750 bits per heavy atom. The zero-order valence-corrected chi connectivity index (χ0v) is 16.0. The van der Waals surface area contributed by atoms with E-state index in [9.17, 15) is 5.11 Å². The number of aromatic nitrogens is 2. The summed E-state index contributed by atoms with van der Waals surface area (Å²) in [6.07, 6.45) is 1.84. The summed E-state index contributed by atoms with van der Waals surface area (Å²) in [6.45, 7) is 2.67. The van der Waals surface area contributed by atoms with E-state index in [1.165, 1.54) is 16.7 Å². The average molecular weight is 368 g/mol. The first-order chi connectivity index (χ1) is 13.8. The van der Waals surface area contributed by atoms with Crippen molar-refractivity contribution in [1.29, 1.82) is 0 Å². The molecule has 3 heteroatoms. The topological polar surface area (TPSA) is 38.1 Å². The van der Waals surface area contributed by atoms with Gasteiger partial charge in [-0.25, -0.2) is 4.98 Å². The maximum absolute atomic E-state index is 9.61. The summed E-state index contributed by atoms with van der Waals surface area (Å²) in [5, 5.41) is 9.61. The predicted octanol–water partition coefficient (Wildman–Crippen LogP) is 4.72. The summed E-state index contributed by atoms with van der Waals surface area (Å²) in [4.78, 5) is 4.41. The maximum Gasteiger partial charge on any atom is 0.0953 e. The minimum absolute atomic E-state index is 0.0478. The second-order valence-electron chi connectivity index (χ2n) is 7.07. The summed E-state index contributed by atoms with van der Waals surface area (Å²) in [5.74, 6) is 0. The highest BCUT2D eigenvalue weighted by atomic mass is 16.3. The van der Waals surface area contributed by atoms with Gasteiger partial charge in [0.2, 0.25) is 0 Å². The van der Waals surface area contributed by atoms with Crippen LogP contribution in [0.25, 0.3) is 0 Å². The van der Waals surface area contributed by atoms with Crippen LogP contribution in [0.3, 0.4) is 0 Å². The fraction of sp³-hybridized carbons (Fsp3) is 0.160. The molecule has 1 heterocycles. The number of aliphatic hydroxyl groups excluding tert-OH is 1. The van der Waals surface area contributed by atoms with Crippen LogP contribution in [0, 0.1) is 6.92 Å². The maximum atomic E-state index is 9.61. The number of hydrogen-bond donors (Lipinski definition) is 1. The van der Waals surface area contributed by atoms with Crippen LogP contribution in [0.2, 0.25) is 0 Å². The molecule has 28 heavy (non-hydrogen) atoms. The lowest BCUT2D eigenvalue weighted by Gasteiger charge is -2.36. The van der Waals surface area contributed by atoms with E-state index in [-0.39, 0.29) is 12.0 Å². The molecule has 0 saturated carbocycles. The highest BCUT2D eigenvalue weighted by Gasteiger charge is 2.37. The minimum Gasteiger partial charge on any atom is -0.390 e. The van der Waals surface area contributed by atoms with E-state index in [2.05, 4.69) is 101 Å². The lowest BCUT2D eigenvalue weighted by atomic mass is 9.69. The third-order valence-corrected chi connectivity index (χ3v) is 5.56. The number of rotatable bonds is 6. The van der Waals surface area contributed by atoms with E-state index in [1.54, 1.807) is 0 Å². The first-order valence-corrected chi connectivity index (χ1v) is 9.54. The average Bonchev–Trinajstić information content (AvgIpc) is 3.13. The second kappa shape index (κ2) is 7.83. The minimum atomic E-state index is -0.373. The molecule has 140 valence electrons. The van der Waals surface area contributed by atoms with Gasteiger partial charge in [-0.15, -0.1) is 0 Å². The zero-order chi connectivity index (χ0) is 19.4. The van der Waals surface area contributed by atoms with Crippen LogP contribution < -0.4 is 0 Å². The van der Waals surface area contributed by atoms with Crippen molar-refractivity contribution in [2.24, 2.45) is 0 Å². The molecule has 0 aliphatic rings. The molecule has 1 N–H and O–H groups in total. The number of aliphatic hydroxyl groups is 1. The molecular formula is C25H24N2O. The van der Waals surface area contributed by atoms with E-state index in [0.29, 0.717) is 6.54 Å². The molecule has 3 aromatic carbocycles. The lowest BCUT2D eigenvalue weighted by Crippen LogP contribution is -2.34. The fourth-order valence-electron chi connectivity index (χ4n) is 4.00. The Hall–Kier alpha value is -3.17. The van der Waals surface area contributed by atoms with Crippen molar-refractivity contribution in [1.82, 2.24) is 9.55 Å². The monoisotopic (exact) mass is 368 g/mol. The molecule has 4 rings (SSSR count). The van der Waals surface area contributed by atoms with Crippen molar-refractivity contribution in [2.75, 3.05) is 0 Å². The Morgan fingerprint density at radius 2 is 1.18 bits per heavy atom. The smallest absolute Gasteiger partial charge is 0.0953 e. The van der Waals surface area contributed by atoms with Crippen LogP contribution >= 0.6 is 0 Å². The molecule has 1 aromatic heterocycles. The van der Waals surface area contributed by atoms with Crippen LogP contribution in [0.4, 0.5) is 0 Å². The molecule has 0 amide bonds. The number of hydrogen-bond acceptors (Lipinski definition) is 2. The van der Waals surface area contributed by atoms with Crippen molar-refractivity contribution in [3.8, 4) is 0 Å². The van der Waals surface area contributed by atoms with Gasteiger partial charge < -0.3 is 9.67 Å². The molecular weight excluding hydrogens is 344 g/mol. The van der Waals surface area contributed by atoms with E-state index in [4.69, 9.17) is 0 Å². The third kappa shape index (κ3) is 3.14. The van der Waals surface area contributed by atoms with Gasteiger partial charge in [0.25, 0.3) is 0 Å². The molecule has 0 bridgehead atoms. The van der Waals surface area contributed by atoms with Crippen LogP contribution in [0.1, 0.15) is 28.1 Å². The summed E-state index contributed by atoms with van der Waals surface area (Å²) >= 11 is 0. The Bertz CT molecular complexity index is 927. The zero-order valence-electron chi connectivity index (χ0n) is 16.0. The molecule has 4 aromatic rings. The second-order valence-corrected chi connectivity index (χ2v) is 7.07. The quantitative estimate of drug-likeness (QED) is 0.500. The van der Waals surface area contributed by atoms with Gasteiger partial charge >= 0.3 is 0 Å². The summed E-state index contributed by atoms with van der Waals surface area (Å²) in [7, 11) is 0. The fourth-order valence-corrected chi connectivity index (χ4v) is 4.00. The van der Waals surface area contributed by atoms with Crippen molar-refractivity contribution in [2.45, 2.75) is 25.5 Å². The van der Waals surface area contributed by atoms with E-state index in [1.807, 2.05) is 13.3 Å². The van der Waals surface area contributed by atoms with E-state index < -0.39 is 0 Å². The van der Waals surface area contributed by atoms with Crippen molar-refractivity contribution in [3.05, 3.63) is 125 Å². The largest absolute Gasteiger partial charge is 0.390 e. The van der Waals surface area contributed by atoms with Gasteiger partial charge in [-0.3, -0.25) is 0 Å². The van der Waals surface area contributed by atoms with E-state index >= 15 is 0 Å².